The maximum absolute atomic E-state index is 10.7. The SMILES string of the molecule is Cc1cc(NCC2(O)CCCCCC2)c(C#N)c(C)n1. The van der Waals surface area contributed by atoms with Crippen LogP contribution in [0.1, 0.15) is 55.5 Å². The molecule has 1 saturated carbocycles. The highest BCUT2D eigenvalue weighted by molar-refractivity contribution is 5.60. The summed E-state index contributed by atoms with van der Waals surface area (Å²) >= 11 is 0. The topological polar surface area (TPSA) is 68.9 Å². The van der Waals surface area contributed by atoms with E-state index >= 15 is 0 Å². The lowest BCUT2D eigenvalue weighted by atomic mass is 9.94. The minimum Gasteiger partial charge on any atom is -0.388 e. The molecule has 1 aliphatic rings. The Balaban J connectivity index is 2.12. The fourth-order valence-corrected chi connectivity index (χ4v) is 2.93. The van der Waals surface area contributed by atoms with E-state index in [1.54, 1.807) is 0 Å². The number of aromatic nitrogens is 1. The zero-order valence-corrected chi connectivity index (χ0v) is 12.4. The number of hydrogen-bond acceptors (Lipinski definition) is 4. The van der Waals surface area contributed by atoms with Crippen LogP contribution in [0.25, 0.3) is 0 Å². The fourth-order valence-electron chi connectivity index (χ4n) is 2.93. The van der Waals surface area contributed by atoms with Gasteiger partial charge in [0.1, 0.15) is 6.07 Å². The zero-order valence-electron chi connectivity index (χ0n) is 12.4. The molecule has 0 spiro atoms. The first-order chi connectivity index (χ1) is 9.54. The van der Waals surface area contributed by atoms with Gasteiger partial charge in [-0.25, -0.2) is 0 Å². The Morgan fingerprint density at radius 3 is 2.55 bits per heavy atom. The first kappa shape index (κ1) is 14.8. The third-order valence-electron chi connectivity index (χ3n) is 4.08. The van der Waals surface area contributed by atoms with E-state index in [1.807, 2.05) is 19.9 Å². The molecule has 4 heteroatoms. The number of anilines is 1. The molecule has 0 amide bonds. The third kappa shape index (κ3) is 3.49. The van der Waals surface area contributed by atoms with Crippen LogP contribution in [0.2, 0.25) is 0 Å². The highest BCUT2D eigenvalue weighted by Crippen LogP contribution is 2.28. The number of aryl methyl sites for hydroxylation is 2. The summed E-state index contributed by atoms with van der Waals surface area (Å²) in [6.07, 6.45) is 6.25. The van der Waals surface area contributed by atoms with Crippen LogP contribution in [0.3, 0.4) is 0 Å². The number of hydrogen-bond donors (Lipinski definition) is 2. The van der Waals surface area contributed by atoms with Gasteiger partial charge < -0.3 is 10.4 Å². The lowest BCUT2D eigenvalue weighted by molar-refractivity contribution is 0.0381. The monoisotopic (exact) mass is 273 g/mol. The van der Waals surface area contributed by atoms with E-state index in [2.05, 4.69) is 16.4 Å². The van der Waals surface area contributed by atoms with Gasteiger partial charge >= 0.3 is 0 Å². The van der Waals surface area contributed by atoms with Crippen molar-refractivity contribution in [1.82, 2.24) is 4.98 Å². The minimum absolute atomic E-state index is 0.505. The Bertz CT molecular complexity index is 511. The van der Waals surface area contributed by atoms with Gasteiger partial charge in [-0.3, -0.25) is 4.98 Å². The summed E-state index contributed by atoms with van der Waals surface area (Å²) in [5.41, 5.74) is 2.34. The van der Waals surface area contributed by atoms with E-state index in [1.165, 1.54) is 12.8 Å². The summed E-state index contributed by atoms with van der Waals surface area (Å²) < 4.78 is 0. The minimum atomic E-state index is -0.645. The molecule has 0 aliphatic heterocycles. The van der Waals surface area contributed by atoms with Crippen LogP contribution in [0.5, 0.6) is 0 Å². The van der Waals surface area contributed by atoms with Gasteiger partial charge in [0.15, 0.2) is 0 Å². The Morgan fingerprint density at radius 2 is 1.95 bits per heavy atom. The lowest BCUT2D eigenvalue weighted by Crippen LogP contribution is -2.36. The molecule has 0 radical (unpaired) electrons. The maximum atomic E-state index is 10.7. The Hall–Kier alpha value is -1.60. The van der Waals surface area contributed by atoms with E-state index in [0.29, 0.717) is 12.1 Å². The van der Waals surface area contributed by atoms with Crippen LogP contribution >= 0.6 is 0 Å². The molecular weight excluding hydrogens is 250 g/mol. The molecule has 0 saturated heterocycles. The molecule has 4 nitrogen and oxygen atoms in total. The maximum Gasteiger partial charge on any atom is 0.103 e. The third-order valence-corrected chi connectivity index (χ3v) is 4.08. The van der Waals surface area contributed by atoms with Gasteiger partial charge in [-0.2, -0.15) is 5.26 Å². The fraction of sp³-hybridized carbons (Fsp3) is 0.625. The standard InChI is InChI=1S/C16H23N3O/c1-12-9-15(14(10-17)13(2)19-12)18-11-16(20)7-5-3-4-6-8-16/h9,20H,3-8,11H2,1-2H3,(H,18,19). The highest BCUT2D eigenvalue weighted by atomic mass is 16.3. The van der Waals surface area contributed by atoms with E-state index < -0.39 is 5.60 Å². The average Bonchev–Trinajstić information content (AvgIpc) is 2.61. The number of nitriles is 1. The van der Waals surface area contributed by atoms with Crippen LogP contribution < -0.4 is 5.32 Å². The summed E-state index contributed by atoms with van der Waals surface area (Å²) in [4.78, 5) is 4.31. The Morgan fingerprint density at radius 1 is 1.30 bits per heavy atom. The lowest BCUT2D eigenvalue weighted by Gasteiger charge is -2.27. The van der Waals surface area contributed by atoms with Crippen LogP contribution in [0.15, 0.2) is 6.07 Å². The molecule has 0 bridgehead atoms. The van der Waals surface area contributed by atoms with Crippen LogP contribution in [-0.4, -0.2) is 22.2 Å². The van der Waals surface area contributed by atoms with Gasteiger partial charge in [0.2, 0.25) is 0 Å². The van der Waals surface area contributed by atoms with Crippen molar-refractivity contribution >= 4 is 5.69 Å². The van der Waals surface area contributed by atoms with E-state index in [9.17, 15) is 10.4 Å². The van der Waals surface area contributed by atoms with Crippen molar-refractivity contribution in [3.8, 4) is 6.07 Å². The first-order valence-corrected chi connectivity index (χ1v) is 7.39. The van der Waals surface area contributed by atoms with Crippen LogP contribution in [0, 0.1) is 25.2 Å². The quantitative estimate of drug-likeness (QED) is 0.830. The number of nitrogens with zero attached hydrogens (tertiary/aromatic N) is 2. The molecule has 0 aromatic carbocycles. The van der Waals surface area contributed by atoms with Gasteiger partial charge in [-0.15, -0.1) is 0 Å². The second-order valence-electron chi connectivity index (χ2n) is 5.88. The van der Waals surface area contributed by atoms with Crippen molar-refractivity contribution in [2.24, 2.45) is 0 Å². The molecule has 2 rings (SSSR count). The van der Waals surface area contributed by atoms with E-state index in [-0.39, 0.29) is 0 Å². The molecule has 1 fully saturated rings. The summed E-state index contributed by atoms with van der Waals surface area (Å²) in [5, 5.41) is 23.2. The second kappa shape index (κ2) is 6.23. The van der Waals surface area contributed by atoms with E-state index in [4.69, 9.17) is 0 Å². The number of pyridine rings is 1. The van der Waals surface area contributed by atoms with Gasteiger partial charge in [-0.05, 0) is 32.8 Å². The van der Waals surface area contributed by atoms with E-state index in [0.717, 1.165) is 42.8 Å². The summed E-state index contributed by atoms with van der Waals surface area (Å²) in [7, 11) is 0. The zero-order chi connectivity index (χ0) is 14.6. The second-order valence-corrected chi connectivity index (χ2v) is 5.88. The molecular formula is C16H23N3O. The number of nitrogens with one attached hydrogen (secondary N) is 1. The molecule has 2 N–H and O–H groups in total. The molecule has 1 aromatic rings. The summed E-state index contributed by atoms with van der Waals surface area (Å²) in [6, 6.07) is 4.08. The van der Waals surface area contributed by atoms with Crippen molar-refractivity contribution in [2.75, 3.05) is 11.9 Å². The largest absolute Gasteiger partial charge is 0.388 e. The van der Waals surface area contributed by atoms with Crippen molar-refractivity contribution < 1.29 is 5.11 Å². The van der Waals surface area contributed by atoms with Crippen molar-refractivity contribution in [3.63, 3.8) is 0 Å². The molecule has 1 aromatic heterocycles. The molecule has 1 aliphatic carbocycles. The van der Waals surface area contributed by atoms with Crippen LogP contribution in [0.4, 0.5) is 5.69 Å². The van der Waals surface area contributed by atoms with Gasteiger partial charge in [0, 0.05) is 12.2 Å². The van der Waals surface area contributed by atoms with Gasteiger partial charge in [-0.1, -0.05) is 25.7 Å². The molecule has 108 valence electrons. The van der Waals surface area contributed by atoms with Crippen molar-refractivity contribution in [1.29, 1.82) is 5.26 Å². The van der Waals surface area contributed by atoms with Crippen molar-refractivity contribution in [3.05, 3.63) is 23.0 Å². The normalized spacial score (nSPS) is 18.1. The number of aliphatic hydroxyl groups is 1. The van der Waals surface area contributed by atoms with Crippen LogP contribution in [-0.2, 0) is 0 Å². The Kier molecular flexibility index (Phi) is 4.61. The van der Waals surface area contributed by atoms with Gasteiger partial charge in [0.25, 0.3) is 0 Å². The predicted molar refractivity (Wildman–Crippen MR) is 79.6 cm³/mol. The summed E-state index contributed by atoms with van der Waals surface area (Å²) in [5.74, 6) is 0. The first-order valence-electron chi connectivity index (χ1n) is 7.39. The highest BCUT2D eigenvalue weighted by Gasteiger charge is 2.28. The smallest absolute Gasteiger partial charge is 0.103 e. The Labute approximate surface area is 120 Å². The molecule has 20 heavy (non-hydrogen) atoms. The molecule has 1 heterocycles. The van der Waals surface area contributed by atoms with Crippen molar-refractivity contribution in [2.45, 2.75) is 58.0 Å². The molecule has 0 atom stereocenters. The summed E-state index contributed by atoms with van der Waals surface area (Å²) in [6.45, 7) is 4.27. The average molecular weight is 273 g/mol. The van der Waals surface area contributed by atoms with Gasteiger partial charge in [0.05, 0.1) is 22.5 Å². The molecule has 0 unspecified atom stereocenters. The number of rotatable bonds is 3. The predicted octanol–water partition coefficient (Wildman–Crippen LogP) is 3.07.